The Hall–Kier alpha value is -2.15. The van der Waals surface area contributed by atoms with Gasteiger partial charge in [0.2, 0.25) is 0 Å². The molecule has 0 saturated heterocycles. The first-order valence-corrected chi connectivity index (χ1v) is 4.59. The van der Waals surface area contributed by atoms with Crippen LogP contribution in [0.2, 0.25) is 0 Å². The summed E-state index contributed by atoms with van der Waals surface area (Å²) in [4.78, 5) is 11.2. The maximum absolute atomic E-state index is 13.1. The molecule has 4 heteroatoms. The Kier molecular flexibility index (Phi) is 4.22. The third-order valence-electron chi connectivity index (χ3n) is 1.86. The third-order valence-corrected chi connectivity index (χ3v) is 1.86. The Labute approximate surface area is 92.8 Å². The number of allylic oxidation sites excluding steroid dienone is 1. The zero-order valence-electron chi connectivity index (χ0n) is 8.74. The fourth-order valence-corrected chi connectivity index (χ4v) is 1.19. The summed E-state index contributed by atoms with van der Waals surface area (Å²) in [5, 5.41) is 8.33. The molecule has 1 aromatic carbocycles. The molecule has 0 atom stereocenters. The van der Waals surface area contributed by atoms with Crippen molar-refractivity contribution in [2.45, 2.75) is 6.42 Å². The summed E-state index contributed by atoms with van der Waals surface area (Å²) in [6.07, 6.45) is 3.42. The maximum Gasteiger partial charge on any atom is 0.337 e. The lowest BCUT2D eigenvalue weighted by Crippen LogP contribution is -2.01. The largest absolute Gasteiger partial charge is 0.465 e. The minimum absolute atomic E-state index is 0.152. The molecule has 0 spiro atoms. The topological polar surface area (TPSA) is 50.1 Å². The monoisotopic (exact) mass is 219 g/mol. The quantitative estimate of drug-likeness (QED) is 0.734. The van der Waals surface area contributed by atoms with E-state index in [2.05, 4.69) is 4.74 Å². The molecule has 0 saturated carbocycles. The van der Waals surface area contributed by atoms with Crippen molar-refractivity contribution in [3.05, 3.63) is 41.2 Å². The van der Waals surface area contributed by atoms with Gasteiger partial charge >= 0.3 is 5.97 Å². The second-order valence-corrected chi connectivity index (χ2v) is 3.03. The van der Waals surface area contributed by atoms with Crippen LogP contribution in [0.3, 0.4) is 0 Å². The molecule has 0 aliphatic carbocycles. The van der Waals surface area contributed by atoms with E-state index in [4.69, 9.17) is 5.26 Å². The number of hydrogen-bond donors (Lipinski definition) is 0. The molecule has 1 rings (SSSR count). The molecule has 0 aliphatic rings. The number of esters is 1. The van der Waals surface area contributed by atoms with Crippen molar-refractivity contribution in [3.8, 4) is 6.07 Å². The lowest BCUT2D eigenvalue weighted by Gasteiger charge is -2.01. The molecule has 82 valence electrons. The molecule has 0 heterocycles. The van der Waals surface area contributed by atoms with Crippen LogP contribution in [-0.2, 0) is 4.74 Å². The van der Waals surface area contributed by atoms with Crippen LogP contribution in [-0.4, -0.2) is 13.1 Å². The normalized spacial score (nSPS) is 10.1. The van der Waals surface area contributed by atoms with Gasteiger partial charge in [-0.05, 0) is 23.8 Å². The summed E-state index contributed by atoms with van der Waals surface area (Å²) in [6.45, 7) is 0. The van der Waals surface area contributed by atoms with E-state index >= 15 is 0 Å². The van der Waals surface area contributed by atoms with Gasteiger partial charge in [-0.25, -0.2) is 9.18 Å². The van der Waals surface area contributed by atoms with Crippen LogP contribution in [0.1, 0.15) is 22.3 Å². The fraction of sp³-hybridized carbons (Fsp3) is 0.167. The molecular weight excluding hydrogens is 209 g/mol. The number of benzene rings is 1. The van der Waals surface area contributed by atoms with Crippen LogP contribution in [0.4, 0.5) is 4.39 Å². The Balaban J connectivity index is 2.99. The summed E-state index contributed by atoms with van der Waals surface area (Å²) in [5.74, 6) is -1.10. The highest BCUT2D eigenvalue weighted by molar-refractivity contribution is 5.90. The smallest absolute Gasteiger partial charge is 0.337 e. The van der Waals surface area contributed by atoms with Gasteiger partial charge in [-0.1, -0.05) is 12.2 Å². The van der Waals surface area contributed by atoms with Crippen LogP contribution in [0.15, 0.2) is 24.3 Å². The SMILES string of the molecule is COC(=O)c1cc(F)cc(C=CCC#N)c1. The van der Waals surface area contributed by atoms with Gasteiger partial charge in [-0.3, -0.25) is 0 Å². The second-order valence-electron chi connectivity index (χ2n) is 3.03. The first-order chi connectivity index (χ1) is 7.67. The number of carbonyl (C=O) groups is 1. The van der Waals surface area contributed by atoms with E-state index in [1.165, 1.54) is 19.2 Å². The van der Waals surface area contributed by atoms with Crippen molar-refractivity contribution < 1.29 is 13.9 Å². The predicted octanol–water partition coefficient (Wildman–Crippen LogP) is 2.54. The van der Waals surface area contributed by atoms with Gasteiger partial charge in [0.05, 0.1) is 25.2 Å². The minimum Gasteiger partial charge on any atom is -0.465 e. The van der Waals surface area contributed by atoms with Gasteiger partial charge < -0.3 is 4.74 Å². The zero-order valence-corrected chi connectivity index (χ0v) is 8.74. The van der Waals surface area contributed by atoms with E-state index in [0.717, 1.165) is 6.07 Å². The van der Waals surface area contributed by atoms with Gasteiger partial charge in [0, 0.05) is 0 Å². The van der Waals surface area contributed by atoms with Gasteiger partial charge in [-0.2, -0.15) is 5.26 Å². The third kappa shape index (κ3) is 3.21. The zero-order chi connectivity index (χ0) is 12.0. The Morgan fingerprint density at radius 2 is 2.31 bits per heavy atom. The van der Waals surface area contributed by atoms with E-state index < -0.39 is 11.8 Å². The lowest BCUT2D eigenvalue weighted by molar-refractivity contribution is 0.0600. The highest BCUT2D eigenvalue weighted by atomic mass is 19.1. The first kappa shape index (κ1) is 11.9. The number of methoxy groups -OCH3 is 1. The van der Waals surface area contributed by atoms with Crippen LogP contribution in [0.5, 0.6) is 0 Å². The van der Waals surface area contributed by atoms with Crippen molar-refractivity contribution in [1.29, 1.82) is 5.26 Å². The maximum atomic E-state index is 13.1. The highest BCUT2D eigenvalue weighted by Gasteiger charge is 2.07. The minimum atomic E-state index is -0.588. The van der Waals surface area contributed by atoms with Crippen LogP contribution in [0.25, 0.3) is 6.08 Å². The molecule has 0 N–H and O–H groups in total. The number of carbonyl (C=O) groups excluding carboxylic acids is 1. The number of nitriles is 1. The van der Waals surface area contributed by atoms with Crippen LogP contribution >= 0.6 is 0 Å². The van der Waals surface area contributed by atoms with E-state index in [0.29, 0.717) is 5.56 Å². The molecule has 0 aliphatic heterocycles. The molecule has 0 amide bonds. The van der Waals surface area contributed by atoms with Crippen molar-refractivity contribution in [3.63, 3.8) is 0 Å². The highest BCUT2D eigenvalue weighted by Crippen LogP contribution is 2.12. The number of hydrogen-bond acceptors (Lipinski definition) is 3. The molecule has 0 radical (unpaired) electrons. The average molecular weight is 219 g/mol. The average Bonchev–Trinajstić information content (AvgIpc) is 2.27. The second kappa shape index (κ2) is 5.66. The van der Waals surface area contributed by atoms with E-state index in [-0.39, 0.29) is 12.0 Å². The molecule has 0 bridgehead atoms. The summed E-state index contributed by atoms with van der Waals surface area (Å²) < 4.78 is 17.6. The molecule has 0 unspecified atom stereocenters. The molecule has 16 heavy (non-hydrogen) atoms. The van der Waals surface area contributed by atoms with E-state index in [9.17, 15) is 9.18 Å². The fourth-order valence-electron chi connectivity index (χ4n) is 1.19. The van der Waals surface area contributed by atoms with Crippen molar-refractivity contribution in [1.82, 2.24) is 0 Å². The number of halogens is 1. The summed E-state index contributed by atoms with van der Waals surface area (Å²) in [5.41, 5.74) is 0.676. The predicted molar refractivity (Wildman–Crippen MR) is 57.0 cm³/mol. The molecular formula is C12H10FNO2. The Bertz CT molecular complexity index is 461. The van der Waals surface area contributed by atoms with E-state index in [1.54, 1.807) is 12.2 Å². The van der Waals surface area contributed by atoms with Gasteiger partial charge in [-0.15, -0.1) is 0 Å². The lowest BCUT2D eigenvalue weighted by atomic mass is 10.1. The van der Waals surface area contributed by atoms with Crippen LogP contribution in [0, 0.1) is 17.1 Å². The summed E-state index contributed by atoms with van der Waals surface area (Å²) in [7, 11) is 1.23. The van der Waals surface area contributed by atoms with Gasteiger partial charge in [0.25, 0.3) is 0 Å². The van der Waals surface area contributed by atoms with Crippen molar-refractivity contribution >= 4 is 12.0 Å². The molecule has 1 aromatic rings. The van der Waals surface area contributed by atoms with Gasteiger partial charge in [0.15, 0.2) is 0 Å². The molecule has 0 fully saturated rings. The van der Waals surface area contributed by atoms with Gasteiger partial charge in [0.1, 0.15) is 5.82 Å². The number of rotatable bonds is 3. The standard InChI is InChI=1S/C12H10FNO2/c1-16-12(15)10-6-9(4-2-3-5-14)7-11(13)8-10/h2,4,6-8H,3H2,1H3. The summed E-state index contributed by atoms with van der Waals surface area (Å²) >= 11 is 0. The first-order valence-electron chi connectivity index (χ1n) is 4.59. The van der Waals surface area contributed by atoms with Crippen molar-refractivity contribution in [2.75, 3.05) is 7.11 Å². The summed E-state index contributed by atoms with van der Waals surface area (Å²) in [6, 6.07) is 5.81. The van der Waals surface area contributed by atoms with Crippen LogP contribution < -0.4 is 0 Å². The van der Waals surface area contributed by atoms with E-state index in [1.807, 2.05) is 6.07 Å². The van der Waals surface area contributed by atoms with Crippen molar-refractivity contribution in [2.24, 2.45) is 0 Å². The number of nitrogens with zero attached hydrogens (tertiary/aromatic N) is 1. The number of ether oxygens (including phenoxy) is 1. The Morgan fingerprint density at radius 1 is 1.56 bits per heavy atom. The molecule has 0 aromatic heterocycles. The Morgan fingerprint density at radius 3 is 2.94 bits per heavy atom. The molecule has 3 nitrogen and oxygen atoms in total.